The fraction of sp³-hybridized carbons (Fsp3) is 0.267. The van der Waals surface area contributed by atoms with E-state index in [1.807, 2.05) is 0 Å². The Labute approximate surface area is 169 Å². The van der Waals surface area contributed by atoms with E-state index in [2.05, 4.69) is 4.98 Å². The van der Waals surface area contributed by atoms with Crippen molar-refractivity contribution in [2.45, 2.75) is 25.5 Å². The number of nitrogens with zero attached hydrogens (tertiary/aromatic N) is 2. The third-order valence-electron chi connectivity index (χ3n) is 3.39. The van der Waals surface area contributed by atoms with Gasteiger partial charge in [-0.3, -0.25) is 9.59 Å². The predicted octanol–water partition coefficient (Wildman–Crippen LogP) is 6.05. The van der Waals surface area contributed by atoms with Crippen LogP contribution in [-0.2, 0) is 23.3 Å². The van der Waals surface area contributed by atoms with Crippen LogP contribution in [0.5, 0.6) is 0 Å². The number of alkyl halides is 9. The molecule has 0 saturated heterocycles. The summed E-state index contributed by atoms with van der Waals surface area (Å²) in [7, 11) is 0. The van der Waals surface area contributed by atoms with Gasteiger partial charge in [0.2, 0.25) is 11.0 Å². The summed E-state index contributed by atoms with van der Waals surface area (Å²) in [5, 5.41) is -0.976. The minimum absolute atomic E-state index is 0.00571. The van der Waals surface area contributed by atoms with E-state index in [0.717, 1.165) is 0 Å². The van der Waals surface area contributed by atoms with Crippen LogP contribution in [0.25, 0.3) is 0 Å². The molecule has 0 aliphatic rings. The Kier molecular flexibility index (Phi) is 6.16. The topological polar surface area (TPSA) is 50.3 Å². The highest BCUT2D eigenvalue weighted by Crippen LogP contribution is 2.41. The first-order valence-corrected chi connectivity index (χ1v) is 8.50. The number of anilines is 1. The van der Waals surface area contributed by atoms with Crippen LogP contribution in [0.1, 0.15) is 34.1 Å². The lowest BCUT2D eigenvalue weighted by molar-refractivity contribution is -0.143. The summed E-state index contributed by atoms with van der Waals surface area (Å²) in [6.45, 7) is 0.652. The second-order valence-electron chi connectivity index (χ2n) is 5.57. The van der Waals surface area contributed by atoms with Crippen LogP contribution in [-0.4, -0.2) is 16.8 Å². The zero-order valence-corrected chi connectivity index (χ0v) is 15.7. The van der Waals surface area contributed by atoms with Crippen molar-refractivity contribution in [2.75, 3.05) is 4.90 Å². The molecule has 1 aromatic carbocycles. The molecule has 0 N–H and O–H groups in total. The molecule has 1 aromatic heterocycles. The second-order valence-corrected chi connectivity index (χ2v) is 7.15. The molecule has 1 heterocycles. The number of hydrogen-bond acceptors (Lipinski definition) is 4. The molecule has 0 spiro atoms. The quantitative estimate of drug-likeness (QED) is 0.488. The van der Waals surface area contributed by atoms with Gasteiger partial charge < -0.3 is 0 Å². The third kappa shape index (κ3) is 5.03. The highest BCUT2D eigenvalue weighted by atomic mass is 35.5. The molecule has 0 saturated carbocycles. The zero-order chi connectivity index (χ0) is 23.2. The van der Waals surface area contributed by atoms with Gasteiger partial charge in [0.05, 0.1) is 11.1 Å². The van der Waals surface area contributed by atoms with E-state index in [1.165, 1.54) is 0 Å². The molecule has 4 nitrogen and oxygen atoms in total. The summed E-state index contributed by atoms with van der Waals surface area (Å²) >= 11 is 5.38. The van der Waals surface area contributed by atoms with Crippen molar-refractivity contribution in [1.82, 2.24) is 4.98 Å². The van der Waals surface area contributed by atoms with E-state index in [0.29, 0.717) is 6.92 Å². The van der Waals surface area contributed by atoms with Gasteiger partial charge in [-0.2, -0.15) is 39.5 Å². The lowest BCUT2D eigenvalue weighted by Gasteiger charge is -2.18. The molecule has 0 fully saturated rings. The van der Waals surface area contributed by atoms with Crippen molar-refractivity contribution < 1.29 is 49.1 Å². The van der Waals surface area contributed by atoms with Gasteiger partial charge in [-0.25, -0.2) is 9.88 Å². The van der Waals surface area contributed by atoms with Gasteiger partial charge in [0.25, 0.3) is 5.91 Å². The first-order chi connectivity index (χ1) is 13.4. The summed E-state index contributed by atoms with van der Waals surface area (Å²) in [6, 6.07) is -0.183. The zero-order valence-electron chi connectivity index (χ0n) is 14.1. The molecule has 0 atom stereocenters. The minimum Gasteiger partial charge on any atom is -0.274 e. The average molecular weight is 485 g/mol. The standard InChI is InChI=1S/C15H6ClF9N2O2S/c1-5(28)27(12-26-9(10(16)30-12)15(23,24)25)11(29)6-2-7(13(17,18)19)4-8(3-6)14(20,21)22/h2-4H,1H3. The molecular formula is C15H6ClF9N2O2S. The Morgan fingerprint density at radius 1 is 0.900 bits per heavy atom. The highest BCUT2D eigenvalue weighted by Gasteiger charge is 2.41. The SMILES string of the molecule is CC(=O)N(C(=O)c1cc(C(F)(F)F)cc(C(F)(F)F)c1)c1nc(C(F)(F)F)c(Cl)s1. The van der Waals surface area contributed by atoms with E-state index >= 15 is 0 Å². The fourth-order valence-electron chi connectivity index (χ4n) is 2.13. The smallest absolute Gasteiger partial charge is 0.274 e. The number of carbonyl (C=O) groups excluding carboxylic acids is 2. The van der Waals surface area contributed by atoms with Gasteiger partial charge in [-0.1, -0.05) is 22.9 Å². The molecule has 2 rings (SSSR count). The number of benzene rings is 1. The Bertz CT molecular complexity index is 963. The van der Waals surface area contributed by atoms with Gasteiger partial charge in [-0.05, 0) is 18.2 Å². The molecule has 2 aromatic rings. The average Bonchev–Trinajstić information content (AvgIpc) is 2.94. The first-order valence-electron chi connectivity index (χ1n) is 7.31. The second kappa shape index (κ2) is 7.72. The van der Waals surface area contributed by atoms with E-state index < -0.39 is 62.2 Å². The van der Waals surface area contributed by atoms with E-state index in [9.17, 15) is 49.1 Å². The summed E-state index contributed by atoms with van der Waals surface area (Å²) in [4.78, 5) is 27.2. The number of rotatable bonds is 2. The number of thiazole rings is 1. The number of aromatic nitrogens is 1. The van der Waals surface area contributed by atoms with Crippen LogP contribution in [0.3, 0.4) is 0 Å². The van der Waals surface area contributed by atoms with Crippen LogP contribution < -0.4 is 4.90 Å². The predicted molar refractivity (Wildman–Crippen MR) is 86.1 cm³/mol. The molecular weight excluding hydrogens is 479 g/mol. The molecule has 0 radical (unpaired) electrons. The number of hydrogen-bond donors (Lipinski definition) is 0. The Balaban J connectivity index is 2.65. The van der Waals surface area contributed by atoms with E-state index in [1.54, 1.807) is 0 Å². The third-order valence-corrected chi connectivity index (χ3v) is 4.63. The van der Waals surface area contributed by atoms with Crippen molar-refractivity contribution in [2.24, 2.45) is 0 Å². The van der Waals surface area contributed by atoms with Crippen LogP contribution in [0.15, 0.2) is 18.2 Å². The number of halogens is 10. The van der Waals surface area contributed by atoms with Gasteiger partial charge in [-0.15, -0.1) is 0 Å². The highest BCUT2D eigenvalue weighted by molar-refractivity contribution is 7.20. The van der Waals surface area contributed by atoms with Gasteiger partial charge in [0.1, 0.15) is 4.34 Å². The minimum atomic E-state index is -5.29. The fourth-order valence-corrected chi connectivity index (χ4v) is 3.35. The van der Waals surface area contributed by atoms with Crippen molar-refractivity contribution in [1.29, 1.82) is 0 Å². The van der Waals surface area contributed by atoms with Crippen LogP contribution >= 0.6 is 22.9 Å². The van der Waals surface area contributed by atoms with Gasteiger partial charge in [0.15, 0.2) is 5.69 Å². The number of imide groups is 1. The molecule has 30 heavy (non-hydrogen) atoms. The Hall–Kier alpha value is -2.35. The van der Waals surface area contributed by atoms with Crippen LogP contribution in [0, 0.1) is 0 Å². The normalized spacial score (nSPS) is 12.8. The molecule has 15 heteroatoms. The largest absolute Gasteiger partial charge is 0.435 e. The molecule has 0 bridgehead atoms. The van der Waals surface area contributed by atoms with Crippen molar-refractivity contribution in [3.05, 3.63) is 44.9 Å². The van der Waals surface area contributed by atoms with E-state index in [4.69, 9.17) is 11.6 Å². The monoisotopic (exact) mass is 484 g/mol. The number of carbonyl (C=O) groups is 2. The Morgan fingerprint density at radius 2 is 1.37 bits per heavy atom. The number of amides is 2. The van der Waals surface area contributed by atoms with Crippen LogP contribution in [0.4, 0.5) is 44.6 Å². The maximum Gasteiger partial charge on any atom is 0.435 e. The summed E-state index contributed by atoms with van der Waals surface area (Å²) < 4.78 is 115. The van der Waals surface area contributed by atoms with Crippen molar-refractivity contribution >= 4 is 39.9 Å². The lowest BCUT2D eigenvalue weighted by atomic mass is 10.0. The molecule has 2 amide bonds. The molecule has 164 valence electrons. The van der Waals surface area contributed by atoms with Crippen molar-refractivity contribution in [3.63, 3.8) is 0 Å². The van der Waals surface area contributed by atoms with Gasteiger partial charge >= 0.3 is 18.5 Å². The van der Waals surface area contributed by atoms with E-state index in [-0.39, 0.29) is 34.4 Å². The lowest BCUT2D eigenvalue weighted by Crippen LogP contribution is -2.35. The summed E-state index contributed by atoms with van der Waals surface area (Å²) in [5.74, 6) is -3.07. The maximum absolute atomic E-state index is 13.0. The molecule has 0 aliphatic heterocycles. The van der Waals surface area contributed by atoms with Crippen molar-refractivity contribution in [3.8, 4) is 0 Å². The van der Waals surface area contributed by atoms with Gasteiger partial charge in [0, 0.05) is 12.5 Å². The maximum atomic E-state index is 13.0. The summed E-state index contributed by atoms with van der Waals surface area (Å²) in [6.07, 6.45) is -15.7. The molecule has 0 unspecified atom stereocenters. The van der Waals surface area contributed by atoms with Crippen LogP contribution in [0.2, 0.25) is 4.34 Å². The Morgan fingerprint density at radius 3 is 1.70 bits per heavy atom. The molecule has 0 aliphatic carbocycles. The first kappa shape index (κ1) is 23.9. The summed E-state index contributed by atoms with van der Waals surface area (Å²) in [5.41, 5.74) is -6.62.